The van der Waals surface area contributed by atoms with Crippen LogP contribution in [0.25, 0.3) is 0 Å². The van der Waals surface area contributed by atoms with E-state index in [4.69, 9.17) is 5.73 Å². The van der Waals surface area contributed by atoms with Crippen LogP contribution in [0.1, 0.15) is 21.1 Å². The smallest absolute Gasteiger partial charge is 0.263 e. The molecule has 0 atom stereocenters. The Bertz CT molecular complexity index is 578. The van der Waals surface area contributed by atoms with Crippen LogP contribution in [-0.4, -0.2) is 27.6 Å². The minimum Gasteiger partial charge on any atom is -0.344 e. The molecule has 1 amide bonds. The van der Waals surface area contributed by atoms with E-state index in [0.717, 1.165) is 0 Å². The fraction of sp³-hybridized carbons (Fsp3) is 0.182. The van der Waals surface area contributed by atoms with Crippen molar-refractivity contribution < 1.29 is 4.79 Å². The van der Waals surface area contributed by atoms with Crippen LogP contribution in [0.4, 0.5) is 0 Å². The zero-order chi connectivity index (χ0) is 12.8. The van der Waals surface area contributed by atoms with Crippen LogP contribution in [0.2, 0.25) is 0 Å². The van der Waals surface area contributed by atoms with Crippen molar-refractivity contribution in [2.24, 2.45) is 5.73 Å². The van der Waals surface area contributed by atoms with Crippen LogP contribution in [0.3, 0.4) is 0 Å². The van der Waals surface area contributed by atoms with Gasteiger partial charge in [-0.1, -0.05) is 11.8 Å². The normalized spacial score (nSPS) is 9.61. The van der Waals surface area contributed by atoms with E-state index in [9.17, 15) is 4.79 Å². The highest BCUT2D eigenvalue weighted by Gasteiger charge is 2.11. The fourth-order valence-electron chi connectivity index (χ4n) is 1.29. The van der Waals surface area contributed by atoms with Gasteiger partial charge in [0.1, 0.15) is 17.0 Å². The Kier molecular flexibility index (Phi) is 4.06. The van der Waals surface area contributed by atoms with Gasteiger partial charge in [0, 0.05) is 5.56 Å². The second kappa shape index (κ2) is 5.95. The van der Waals surface area contributed by atoms with E-state index in [1.165, 1.54) is 17.7 Å². The number of aromatic amines is 1. The molecular formula is C11H11N5OS. The van der Waals surface area contributed by atoms with Crippen molar-refractivity contribution in [2.75, 3.05) is 6.54 Å². The van der Waals surface area contributed by atoms with Gasteiger partial charge in [-0.25, -0.2) is 4.98 Å². The molecule has 4 N–H and O–H groups in total. The van der Waals surface area contributed by atoms with E-state index in [2.05, 4.69) is 32.3 Å². The van der Waals surface area contributed by atoms with Gasteiger partial charge in [-0.15, -0.1) is 11.3 Å². The summed E-state index contributed by atoms with van der Waals surface area (Å²) in [5.74, 6) is 6.03. The van der Waals surface area contributed by atoms with Crippen molar-refractivity contribution >= 4 is 17.2 Å². The summed E-state index contributed by atoms with van der Waals surface area (Å²) in [6.07, 6.45) is 1.39. The summed E-state index contributed by atoms with van der Waals surface area (Å²) in [7, 11) is 0. The first-order valence-corrected chi connectivity index (χ1v) is 6.08. The molecule has 0 unspecified atom stereocenters. The van der Waals surface area contributed by atoms with Crippen LogP contribution in [0.15, 0.2) is 17.8 Å². The van der Waals surface area contributed by atoms with Gasteiger partial charge in [-0.2, -0.15) is 5.10 Å². The van der Waals surface area contributed by atoms with Crippen LogP contribution in [0.5, 0.6) is 0 Å². The minimum absolute atomic E-state index is 0.178. The summed E-state index contributed by atoms with van der Waals surface area (Å²) in [5, 5.41) is 10.9. The van der Waals surface area contributed by atoms with Gasteiger partial charge in [0.2, 0.25) is 0 Å². The van der Waals surface area contributed by atoms with Gasteiger partial charge in [0.25, 0.3) is 5.91 Å². The average molecular weight is 261 g/mol. The standard InChI is InChI=1S/C11H11N5OS/c12-4-1-2-8-3-5-18-10(8)11(17)13-6-9-14-7-15-16-9/h3,5,7H,4,6,12H2,(H,13,17)(H,14,15,16). The molecule has 0 aliphatic carbocycles. The topological polar surface area (TPSA) is 96.7 Å². The minimum atomic E-state index is -0.178. The predicted molar refractivity (Wildman–Crippen MR) is 67.8 cm³/mol. The number of hydrogen-bond donors (Lipinski definition) is 3. The third-order valence-electron chi connectivity index (χ3n) is 2.08. The van der Waals surface area contributed by atoms with Gasteiger partial charge in [0.05, 0.1) is 13.1 Å². The molecule has 0 saturated carbocycles. The van der Waals surface area contributed by atoms with Crippen molar-refractivity contribution in [3.05, 3.63) is 34.0 Å². The van der Waals surface area contributed by atoms with Gasteiger partial charge < -0.3 is 11.1 Å². The summed E-state index contributed by atoms with van der Waals surface area (Å²) in [4.78, 5) is 16.4. The van der Waals surface area contributed by atoms with Gasteiger partial charge in [-0.05, 0) is 11.4 Å². The van der Waals surface area contributed by atoms with Crippen molar-refractivity contribution in [2.45, 2.75) is 6.54 Å². The maximum atomic E-state index is 11.9. The molecule has 2 heterocycles. The van der Waals surface area contributed by atoms with Crippen molar-refractivity contribution in [3.63, 3.8) is 0 Å². The lowest BCUT2D eigenvalue weighted by Gasteiger charge is -2.01. The van der Waals surface area contributed by atoms with Crippen LogP contribution < -0.4 is 11.1 Å². The molecule has 0 aliphatic heterocycles. The SMILES string of the molecule is NCC#Cc1ccsc1C(=O)NCc1ncn[nH]1. The van der Waals surface area contributed by atoms with Crippen LogP contribution in [-0.2, 0) is 6.54 Å². The molecule has 2 aromatic heterocycles. The third kappa shape index (κ3) is 2.94. The van der Waals surface area contributed by atoms with E-state index in [0.29, 0.717) is 22.8 Å². The van der Waals surface area contributed by atoms with Gasteiger partial charge in [-0.3, -0.25) is 9.89 Å². The van der Waals surface area contributed by atoms with E-state index in [-0.39, 0.29) is 12.5 Å². The number of nitrogens with zero attached hydrogens (tertiary/aromatic N) is 2. The summed E-state index contributed by atoms with van der Waals surface area (Å²) < 4.78 is 0. The molecule has 0 bridgehead atoms. The third-order valence-corrected chi connectivity index (χ3v) is 2.99. The molecule has 0 radical (unpaired) electrons. The largest absolute Gasteiger partial charge is 0.344 e. The average Bonchev–Trinajstić information content (AvgIpc) is 3.04. The fourth-order valence-corrected chi connectivity index (χ4v) is 2.06. The summed E-state index contributed by atoms with van der Waals surface area (Å²) in [5.41, 5.74) is 6.00. The molecule has 18 heavy (non-hydrogen) atoms. The Morgan fingerprint density at radius 1 is 1.61 bits per heavy atom. The zero-order valence-electron chi connectivity index (χ0n) is 9.43. The van der Waals surface area contributed by atoms with Gasteiger partial charge >= 0.3 is 0 Å². The Balaban J connectivity index is 2.02. The van der Waals surface area contributed by atoms with E-state index < -0.39 is 0 Å². The van der Waals surface area contributed by atoms with Gasteiger partial charge in [0.15, 0.2) is 0 Å². The number of carbonyl (C=O) groups excluding carboxylic acids is 1. The van der Waals surface area contributed by atoms with Crippen molar-refractivity contribution in [3.8, 4) is 11.8 Å². The highest BCUT2D eigenvalue weighted by atomic mass is 32.1. The van der Waals surface area contributed by atoms with E-state index in [1.807, 2.05) is 5.38 Å². The zero-order valence-corrected chi connectivity index (χ0v) is 10.3. The first-order chi connectivity index (χ1) is 8.81. The maximum absolute atomic E-state index is 11.9. The highest BCUT2D eigenvalue weighted by Crippen LogP contribution is 2.15. The molecular weight excluding hydrogens is 250 g/mol. The number of hydrogen-bond acceptors (Lipinski definition) is 5. The number of amides is 1. The first-order valence-electron chi connectivity index (χ1n) is 5.20. The number of nitrogens with one attached hydrogen (secondary N) is 2. The monoisotopic (exact) mass is 261 g/mol. The predicted octanol–water partition coefficient (Wildman–Crippen LogP) is 0.106. The molecule has 6 nitrogen and oxygen atoms in total. The maximum Gasteiger partial charge on any atom is 0.263 e. The number of rotatable bonds is 3. The second-order valence-electron chi connectivity index (χ2n) is 3.28. The van der Waals surface area contributed by atoms with E-state index >= 15 is 0 Å². The Labute approximate surface area is 108 Å². The Hall–Kier alpha value is -2.17. The molecule has 92 valence electrons. The molecule has 0 aliphatic rings. The van der Waals surface area contributed by atoms with Crippen molar-refractivity contribution in [1.29, 1.82) is 0 Å². The number of thiophene rings is 1. The summed E-state index contributed by atoms with van der Waals surface area (Å²) in [6.45, 7) is 0.579. The molecule has 2 rings (SSSR count). The molecule has 2 aromatic rings. The van der Waals surface area contributed by atoms with Crippen LogP contribution in [0, 0.1) is 11.8 Å². The summed E-state index contributed by atoms with van der Waals surface area (Å²) in [6, 6.07) is 1.80. The lowest BCUT2D eigenvalue weighted by Crippen LogP contribution is -2.23. The molecule has 0 fully saturated rings. The Morgan fingerprint density at radius 2 is 2.50 bits per heavy atom. The molecule has 7 heteroatoms. The molecule has 0 aromatic carbocycles. The summed E-state index contributed by atoms with van der Waals surface area (Å²) >= 11 is 1.34. The Morgan fingerprint density at radius 3 is 3.22 bits per heavy atom. The molecule has 0 saturated heterocycles. The lowest BCUT2D eigenvalue weighted by atomic mass is 10.2. The lowest BCUT2D eigenvalue weighted by molar-refractivity contribution is 0.0954. The van der Waals surface area contributed by atoms with Crippen LogP contribution >= 0.6 is 11.3 Å². The second-order valence-corrected chi connectivity index (χ2v) is 4.20. The highest BCUT2D eigenvalue weighted by molar-refractivity contribution is 7.12. The molecule has 0 spiro atoms. The number of carbonyl (C=O) groups is 1. The number of nitrogens with two attached hydrogens (primary N) is 1. The quantitative estimate of drug-likeness (QED) is 0.683. The first kappa shape index (κ1) is 12.3. The van der Waals surface area contributed by atoms with E-state index in [1.54, 1.807) is 6.07 Å². The number of aromatic nitrogens is 3. The van der Waals surface area contributed by atoms with Crippen molar-refractivity contribution in [1.82, 2.24) is 20.5 Å². The number of H-pyrrole nitrogens is 1.